The third-order valence-electron chi connectivity index (χ3n) is 5.28. The molecule has 3 aromatic rings. The largest absolute Gasteiger partial charge is 0.466 e. The normalized spacial score (nSPS) is 13.1. The van der Waals surface area contributed by atoms with E-state index in [1.54, 1.807) is 6.92 Å². The number of ether oxygens (including phenoxy) is 3. The summed E-state index contributed by atoms with van der Waals surface area (Å²) in [6.07, 6.45) is -0.139. The first-order valence-corrected chi connectivity index (χ1v) is 10.8. The van der Waals surface area contributed by atoms with Gasteiger partial charge in [-0.3, -0.25) is 14.4 Å². The molecule has 0 radical (unpaired) electrons. The van der Waals surface area contributed by atoms with Gasteiger partial charge < -0.3 is 14.2 Å². The summed E-state index contributed by atoms with van der Waals surface area (Å²) in [5.74, 6) is -4.11. The highest BCUT2D eigenvalue weighted by atomic mass is 35.5. The van der Waals surface area contributed by atoms with E-state index in [9.17, 15) is 31.9 Å². The molecule has 1 aliphatic heterocycles. The molecule has 36 heavy (non-hydrogen) atoms. The Hall–Kier alpha value is -3.86. The second-order valence-electron chi connectivity index (χ2n) is 7.42. The molecule has 0 aromatic heterocycles. The first-order valence-electron chi connectivity index (χ1n) is 10.4. The highest BCUT2D eigenvalue weighted by molar-refractivity contribution is 6.41. The van der Waals surface area contributed by atoms with Crippen LogP contribution < -0.4 is 14.4 Å². The lowest BCUT2D eigenvalue weighted by atomic mass is 9.99. The van der Waals surface area contributed by atoms with Gasteiger partial charge in [0.2, 0.25) is 0 Å². The van der Waals surface area contributed by atoms with Crippen LogP contribution >= 0.6 is 11.6 Å². The number of carbonyl (C=O) groups is 3. The number of imide groups is 1. The number of amides is 2. The molecule has 1 aliphatic rings. The number of alkyl halides is 4. The highest BCUT2D eigenvalue weighted by Crippen LogP contribution is 2.47. The van der Waals surface area contributed by atoms with E-state index >= 15 is 0 Å². The fourth-order valence-electron chi connectivity index (χ4n) is 3.96. The van der Waals surface area contributed by atoms with Crippen LogP contribution in [0, 0.1) is 0 Å². The summed E-state index contributed by atoms with van der Waals surface area (Å²) in [4.78, 5) is 39.1. The summed E-state index contributed by atoms with van der Waals surface area (Å²) >= 11 is 6.30. The van der Waals surface area contributed by atoms with Crippen molar-refractivity contribution in [3.05, 3.63) is 64.2 Å². The molecule has 2 amide bonds. The van der Waals surface area contributed by atoms with Gasteiger partial charge in [0.15, 0.2) is 0 Å². The van der Waals surface area contributed by atoms with Crippen LogP contribution in [0.2, 0.25) is 5.02 Å². The molecule has 4 rings (SSSR count). The smallest absolute Gasteiger partial charge is 0.387 e. The van der Waals surface area contributed by atoms with Crippen molar-refractivity contribution in [2.75, 3.05) is 11.5 Å². The van der Waals surface area contributed by atoms with Crippen LogP contribution in [0.5, 0.6) is 11.5 Å². The van der Waals surface area contributed by atoms with E-state index < -0.39 is 53.6 Å². The van der Waals surface area contributed by atoms with E-state index in [-0.39, 0.29) is 34.5 Å². The predicted molar refractivity (Wildman–Crippen MR) is 120 cm³/mol. The number of hydrogen-bond donors (Lipinski definition) is 0. The Bertz CT molecular complexity index is 1310. The molecule has 0 unspecified atom stereocenters. The summed E-state index contributed by atoms with van der Waals surface area (Å²) in [5.41, 5.74) is -1.08. The first-order chi connectivity index (χ1) is 17.1. The van der Waals surface area contributed by atoms with Crippen molar-refractivity contribution in [3.8, 4) is 11.5 Å². The molecule has 0 spiro atoms. The molecule has 0 bridgehead atoms. The Morgan fingerprint density at radius 1 is 0.917 bits per heavy atom. The van der Waals surface area contributed by atoms with Gasteiger partial charge in [-0.05, 0) is 24.6 Å². The quantitative estimate of drug-likeness (QED) is 0.216. The van der Waals surface area contributed by atoms with Crippen molar-refractivity contribution in [1.82, 2.24) is 0 Å². The van der Waals surface area contributed by atoms with Gasteiger partial charge in [0.05, 0.1) is 34.9 Å². The van der Waals surface area contributed by atoms with E-state index in [1.807, 2.05) is 0 Å². The maximum atomic E-state index is 13.4. The number of fused-ring (bicyclic) bond motifs is 2. The average Bonchev–Trinajstić information content (AvgIpc) is 3.06. The lowest BCUT2D eigenvalue weighted by Crippen LogP contribution is -2.30. The fourth-order valence-corrected chi connectivity index (χ4v) is 4.25. The topological polar surface area (TPSA) is 82.1 Å². The van der Waals surface area contributed by atoms with Crippen molar-refractivity contribution in [2.45, 2.75) is 26.6 Å². The van der Waals surface area contributed by atoms with Gasteiger partial charge >= 0.3 is 19.2 Å². The molecule has 1 heterocycles. The number of nitrogens with zero attached hydrogens (tertiary/aromatic N) is 1. The standard InChI is InChI=1S/C24H16ClF4NO6/c1-2-34-16(31)10-11-7-8-15(14(25)9-11)30-21(32)17-18(22(30)33)20(36-24(28)29)13-6-4-3-5-12(13)19(17)35-23(26)27/h3-9,23-24H,2,10H2,1H3. The SMILES string of the molecule is CCOC(=O)Cc1ccc(N2C(=O)c3c(c(OC(F)F)c4ccccc4c3OC(F)F)C2=O)c(Cl)c1. The van der Waals surface area contributed by atoms with Crippen LogP contribution in [0.3, 0.4) is 0 Å². The third kappa shape index (κ3) is 4.53. The van der Waals surface area contributed by atoms with E-state index in [2.05, 4.69) is 9.47 Å². The number of halogens is 5. The van der Waals surface area contributed by atoms with Crippen LogP contribution in [0.1, 0.15) is 33.2 Å². The van der Waals surface area contributed by atoms with Gasteiger partial charge in [0.1, 0.15) is 11.5 Å². The Labute approximate surface area is 206 Å². The molecular weight excluding hydrogens is 510 g/mol. The van der Waals surface area contributed by atoms with Gasteiger partial charge in [-0.15, -0.1) is 0 Å². The van der Waals surface area contributed by atoms with Crippen molar-refractivity contribution in [2.24, 2.45) is 0 Å². The van der Waals surface area contributed by atoms with Gasteiger partial charge in [0, 0.05) is 10.8 Å². The zero-order chi connectivity index (χ0) is 26.1. The van der Waals surface area contributed by atoms with E-state index in [4.69, 9.17) is 16.3 Å². The second-order valence-corrected chi connectivity index (χ2v) is 7.83. The van der Waals surface area contributed by atoms with Crippen LogP contribution in [0.15, 0.2) is 42.5 Å². The van der Waals surface area contributed by atoms with Gasteiger partial charge in [-0.2, -0.15) is 17.6 Å². The maximum Gasteiger partial charge on any atom is 0.387 e. The van der Waals surface area contributed by atoms with Crippen molar-refractivity contribution in [1.29, 1.82) is 0 Å². The lowest BCUT2D eigenvalue weighted by Gasteiger charge is -2.16. The minimum atomic E-state index is -3.39. The maximum absolute atomic E-state index is 13.4. The highest BCUT2D eigenvalue weighted by Gasteiger charge is 2.45. The van der Waals surface area contributed by atoms with Crippen molar-refractivity contribution >= 4 is 45.8 Å². The number of benzene rings is 3. The van der Waals surface area contributed by atoms with Gasteiger partial charge in [-0.25, -0.2) is 4.90 Å². The van der Waals surface area contributed by atoms with Crippen LogP contribution in [0.25, 0.3) is 10.8 Å². The Balaban J connectivity index is 1.88. The van der Waals surface area contributed by atoms with Crippen LogP contribution in [0.4, 0.5) is 23.2 Å². The van der Waals surface area contributed by atoms with Gasteiger partial charge in [0.25, 0.3) is 11.8 Å². The zero-order valence-corrected chi connectivity index (χ0v) is 19.2. The number of carbonyl (C=O) groups excluding carboxylic acids is 3. The number of anilines is 1. The Kier molecular flexibility index (Phi) is 7.02. The lowest BCUT2D eigenvalue weighted by molar-refractivity contribution is -0.142. The molecule has 0 N–H and O–H groups in total. The Morgan fingerprint density at radius 3 is 1.89 bits per heavy atom. The molecule has 0 atom stereocenters. The fraction of sp³-hybridized carbons (Fsp3) is 0.208. The van der Waals surface area contributed by atoms with Crippen LogP contribution in [-0.2, 0) is 16.0 Å². The number of hydrogen-bond acceptors (Lipinski definition) is 6. The predicted octanol–water partition coefficient (Wildman–Crippen LogP) is 5.60. The van der Waals surface area contributed by atoms with Crippen molar-refractivity contribution in [3.63, 3.8) is 0 Å². The van der Waals surface area contributed by atoms with E-state index in [0.29, 0.717) is 10.5 Å². The minimum absolute atomic E-state index is 0.133. The molecule has 0 saturated carbocycles. The van der Waals surface area contributed by atoms with Gasteiger partial charge in [-0.1, -0.05) is 41.9 Å². The molecule has 0 aliphatic carbocycles. The summed E-state index contributed by atoms with van der Waals surface area (Å²) in [6.45, 7) is -4.97. The van der Waals surface area contributed by atoms with Crippen molar-refractivity contribution < 1.29 is 46.2 Å². The summed E-state index contributed by atoms with van der Waals surface area (Å²) in [6, 6.07) is 9.35. The second kappa shape index (κ2) is 10.0. The summed E-state index contributed by atoms with van der Waals surface area (Å²) in [5, 5.41) is -0.402. The first kappa shape index (κ1) is 25.2. The zero-order valence-electron chi connectivity index (χ0n) is 18.4. The monoisotopic (exact) mass is 525 g/mol. The molecular formula is C24H16ClF4NO6. The number of esters is 1. The average molecular weight is 526 g/mol. The third-order valence-corrected chi connectivity index (χ3v) is 5.58. The van der Waals surface area contributed by atoms with E-state index in [0.717, 1.165) is 0 Å². The minimum Gasteiger partial charge on any atom is -0.466 e. The Morgan fingerprint density at radius 2 is 1.44 bits per heavy atom. The van der Waals surface area contributed by atoms with E-state index in [1.165, 1.54) is 42.5 Å². The van der Waals surface area contributed by atoms with Crippen LogP contribution in [-0.4, -0.2) is 37.6 Å². The summed E-state index contributed by atoms with van der Waals surface area (Å²) < 4.78 is 67.2. The molecule has 7 nitrogen and oxygen atoms in total. The molecule has 188 valence electrons. The number of rotatable bonds is 8. The molecule has 0 saturated heterocycles. The molecule has 3 aromatic carbocycles. The molecule has 12 heteroatoms. The summed E-state index contributed by atoms with van der Waals surface area (Å²) in [7, 11) is 0. The molecule has 0 fully saturated rings.